The van der Waals surface area contributed by atoms with Crippen molar-refractivity contribution < 1.29 is 10.0 Å². The lowest BCUT2D eigenvalue weighted by Gasteiger charge is -2.29. The average molecular weight is 282 g/mol. The Morgan fingerprint density at radius 3 is 2.29 bits per heavy atom. The molecule has 5 heteroatoms. The fourth-order valence-corrected chi connectivity index (χ4v) is 2.00. The molecule has 0 radical (unpaired) electrons. The summed E-state index contributed by atoms with van der Waals surface area (Å²) in [4.78, 5) is 10.2. The van der Waals surface area contributed by atoms with Crippen LogP contribution in [0, 0.1) is 22.5 Å². The van der Waals surface area contributed by atoms with Gasteiger partial charge in [-0.2, -0.15) is 0 Å². The van der Waals surface area contributed by atoms with Gasteiger partial charge in [0.1, 0.15) is 5.54 Å². The van der Waals surface area contributed by atoms with Crippen molar-refractivity contribution in [2.75, 3.05) is 11.9 Å². The monoisotopic (exact) mass is 282 g/mol. The van der Waals surface area contributed by atoms with Crippen LogP contribution in [0.15, 0.2) is 54.6 Å². The number of aliphatic hydroxyl groups excluding tert-OH is 1. The molecule has 0 aliphatic carbocycles. The van der Waals surface area contributed by atoms with Gasteiger partial charge >= 0.3 is 0 Å². The molecule has 1 atom stereocenters. The molecule has 0 fully saturated rings. The largest absolute Gasteiger partial charge is 0.393 e. The summed E-state index contributed by atoms with van der Waals surface area (Å²) < 4.78 is 0. The van der Waals surface area contributed by atoms with Gasteiger partial charge in [-0.25, -0.2) is 0 Å². The number of nitrogens with one attached hydrogen (secondary N) is 1. The van der Waals surface area contributed by atoms with Crippen molar-refractivity contribution in [3.05, 3.63) is 70.3 Å². The summed E-state index contributed by atoms with van der Waals surface area (Å²) in [6, 6.07) is 15.0. The van der Waals surface area contributed by atoms with E-state index in [-0.39, 0.29) is 12.3 Å². The summed E-state index contributed by atoms with van der Waals surface area (Å²) in [6.45, 7) is -0.301. The number of hydrogen-bond acceptors (Lipinski definition) is 4. The molecule has 2 rings (SSSR count). The minimum absolute atomic E-state index is 0.00410. The maximum absolute atomic E-state index is 10.6. The molecule has 0 aromatic heterocycles. The van der Waals surface area contributed by atoms with E-state index in [0.717, 1.165) is 5.56 Å². The van der Waals surface area contributed by atoms with Crippen LogP contribution in [0.5, 0.6) is 0 Å². The van der Waals surface area contributed by atoms with E-state index in [1.807, 2.05) is 30.3 Å². The van der Waals surface area contributed by atoms with E-state index in [1.165, 1.54) is 12.1 Å². The Balaban J connectivity index is 2.33. The first-order valence-corrected chi connectivity index (χ1v) is 6.28. The van der Waals surface area contributed by atoms with Gasteiger partial charge in [0.05, 0.1) is 11.5 Å². The number of nitrogens with zero attached hydrogens (tertiary/aromatic N) is 1. The predicted molar refractivity (Wildman–Crippen MR) is 80.8 cm³/mol. The van der Waals surface area contributed by atoms with E-state index >= 15 is 0 Å². The van der Waals surface area contributed by atoms with Crippen molar-refractivity contribution in [3.63, 3.8) is 0 Å². The molecule has 2 N–H and O–H groups in total. The first-order valence-electron chi connectivity index (χ1n) is 6.28. The Morgan fingerprint density at radius 1 is 1.19 bits per heavy atom. The first-order chi connectivity index (χ1) is 10.1. The van der Waals surface area contributed by atoms with E-state index < -0.39 is 10.5 Å². The molecule has 0 aliphatic heterocycles. The Bertz CT molecular complexity index is 662. The van der Waals surface area contributed by atoms with Gasteiger partial charge in [-0.3, -0.25) is 10.1 Å². The molecule has 106 valence electrons. The van der Waals surface area contributed by atoms with Crippen LogP contribution in [0.2, 0.25) is 0 Å². The van der Waals surface area contributed by atoms with E-state index in [4.69, 9.17) is 6.42 Å². The van der Waals surface area contributed by atoms with Crippen molar-refractivity contribution >= 4 is 11.4 Å². The molecule has 0 heterocycles. The summed E-state index contributed by atoms with van der Waals surface area (Å²) in [5.41, 5.74) is 0.262. The molecule has 0 amide bonds. The van der Waals surface area contributed by atoms with Crippen LogP contribution in [-0.4, -0.2) is 16.6 Å². The van der Waals surface area contributed by atoms with E-state index in [9.17, 15) is 15.2 Å². The number of nitro benzene ring substituents is 1. The molecule has 21 heavy (non-hydrogen) atoms. The highest BCUT2D eigenvalue weighted by Crippen LogP contribution is 2.26. The van der Waals surface area contributed by atoms with Gasteiger partial charge in [0.15, 0.2) is 0 Å². The quantitative estimate of drug-likeness (QED) is 0.502. The molecule has 5 nitrogen and oxygen atoms in total. The second-order valence-electron chi connectivity index (χ2n) is 4.50. The Kier molecular flexibility index (Phi) is 4.21. The Morgan fingerprint density at radius 2 is 1.81 bits per heavy atom. The number of non-ortho nitro benzene ring substituents is 1. The minimum atomic E-state index is -1.07. The van der Waals surface area contributed by atoms with Gasteiger partial charge < -0.3 is 10.4 Å². The highest BCUT2D eigenvalue weighted by Gasteiger charge is 2.29. The molecule has 2 aromatic rings. The lowest BCUT2D eigenvalue weighted by Crippen LogP contribution is -2.37. The lowest BCUT2D eigenvalue weighted by molar-refractivity contribution is -0.384. The molecular formula is C16H14N2O3. The van der Waals surface area contributed by atoms with E-state index in [2.05, 4.69) is 11.2 Å². The van der Waals surface area contributed by atoms with Gasteiger partial charge in [0.25, 0.3) is 5.69 Å². The van der Waals surface area contributed by atoms with Gasteiger partial charge in [-0.1, -0.05) is 36.3 Å². The molecular weight excluding hydrogens is 268 g/mol. The van der Waals surface area contributed by atoms with Crippen LogP contribution in [0.4, 0.5) is 11.4 Å². The summed E-state index contributed by atoms with van der Waals surface area (Å²) in [5, 5.41) is 23.4. The Hall–Kier alpha value is -2.84. The van der Waals surface area contributed by atoms with Gasteiger partial charge in [-0.05, 0) is 17.7 Å². The second-order valence-corrected chi connectivity index (χ2v) is 4.50. The summed E-state index contributed by atoms with van der Waals surface area (Å²) in [6.07, 6.45) is 5.60. The SMILES string of the molecule is C#C[C@@](CO)(Nc1ccc([N+](=O)[O-])cc1)c1ccccc1. The Labute approximate surface area is 122 Å². The van der Waals surface area contributed by atoms with Crippen LogP contribution >= 0.6 is 0 Å². The fourth-order valence-electron chi connectivity index (χ4n) is 2.00. The topological polar surface area (TPSA) is 75.4 Å². The second kappa shape index (κ2) is 6.07. The lowest BCUT2D eigenvalue weighted by atomic mass is 9.91. The molecule has 0 saturated carbocycles. The van der Waals surface area contributed by atoms with Gasteiger partial charge in [0.2, 0.25) is 0 Å². The van der Waals surface area contributed by atoms with Crippen molar-refractivity contribution in [3.8, 4) is 12.3 Å². The van der Waals surface area contributed by atoms with E-state index in [0.29, 0.717) is 5.69 Å². The summed E-state index contributed by atoms with van der Waals surface area (Å²) in [7, 11) is 0. The van der Waals surface area contributed by atoms with Gasteiger partial charge in [0, 0.05) is 17.8 Å². The number of aliphatic hydroxyl groups is 1. The minimum Gasteiger partial charge on any atom is -0.393 e. The number of terminal acetylenes is 1. The predicted octanol–water partition coefficient (Wildman–Crippen LogP) is 2.53. The summed E-state index contributed by atoms with van der Waals surface area (Å²) in [5.74, 6) is 2.57. The third kappa shape index (κ3) is 3.02. The van der Waals surface area contributed by atoms with Crippen molar-refractivity contribution in [2.45, 2.75) is 5.54 Å². The number of nitro groups is 1. The molecule has 0 aliphatic rings. The van der Waals surface area contributed by atoms with Crippen LogP contribution < -0.4 is 5.32 Å². The van der Waals surface area contributed by atoms with Crippen LogP contribution in [0.1, 0.15) is 5.56 Å². The third-order valence-corrected chi connectivity index (χ3v) is 3.19. The van der Waals surface area contributed by atoms with Crippen molar-refractivity contribution in [2.24, 2.45) is 0 Å². The zero-order valence-electron chi connectivity index (χ0n) is 11.2. The van der Waals surface area contributed by atoms with Gasteiger partial charge in [-0.15, -0.1) is 6.42 Å². The standard InChI is InChI=1S/C16H14N2O3/c1-2-16(12-19,13-6-4-3-5-7-13)17-14-8-10-15(11-9-14)18(20)21/h1,3-11,17,19H,12H2/t16-/m0/s1. The number of hydrogen-bond donors (Lipinski definition) is 2. The molecule has 0 bridgehead atoms. The van der Waals surface area contributed by atoms with Crippen molar-refractivity contribution in [1.29, 1.82) is 0 Å². The fraction of sp³-hybridized carbons (Fsp3) is 0.125. The average Bonchev–Trinajstić information content (AvgIpc) is 2.54. The molecule has 0 saturated heterocycles. The first kappa shape index (κ1) is 14.6. The maximum Gasteiger partial charge on any atom is 0.269 e. The van der Waals surface area contributed by atoms with Crippen LogP contribution in [0.25, 0.3) is 0 Å². The molecule has 0 unspecified atom stereocenters. The van der Waals surface area contributed by atoms with Crippen LogP contribution in [-0.2, 0) is 5.54 Å². The normalized spacial score (nSPS) is 13.0. The number of anilines is 1. The number of rotatable bonds is 5. The zero-order valence-corrected chi connectivity index (χ0v) is 11.2. The van der Waals surface area contributed by atoms with Crippen LogP contribution in [0.3, 0.4) is 0 Å². The summed E-state index contributed by atoms with van der Waals surface area (Å²) >= 11 is 0. The smallest absolute Gasteiger partial charge is 0.269 e. The molecule has 2 aromatic carbocycles. The number of benzene rings is 2. The molecule has 0 spiro atoms. The maximum atomic E-state index is 10.6. The zero-order chi connectivity index (χ0) is 15.3. The highest BCUT2D eigenvalue weighted by atomic mass is 16.6. The highest BCUT2D eigenvalue weighted by molar-refractivity contribution is 5.54. The van der Waals surface area contributed by atoms with E-state index in [1.54, 1.807) is 12.1 Å². The van der Waals surface area contributed by atoms with Crippen molar-refractivity contribution in [1.82, 2.24) is 0 Å². The third-order valence-electron chi connectivity index (χ3n) is 3.19.